The van der Waals surface area contributed by atoms with E-state index in [2.05, 4.69) is 0 Å². The molecule has 2 fully saturated rings. The van der Waals surface area contributed by atoms with Crippen LogP contribution in [0.2, 0.25) is 10.0 Å². The fourth-order valence-electron chi connectivity index (χ4n) is 4.93. The molecule has 4 rings (SSSR count). The molecule has 34 heavy (non-hydrogen) atoms. The number of carbonyl (C=O) groups is 2. The van der Waals surface area contributed by atoms with E-state index in [-0.39, 0.29) is 33.0 Å². The molecule has 1 saturated heterocycles. The SMILES string of the molecule is COc1cccc(C2/C(=C(\O)c3cc(Cl)cc(Cl)c3OC)C(=O)C(=O)N2C2CCCC2)c1OC. The first kappa shape index (κ1) is 24.2. The van der Waals surface area contributed by atoms with Gasteiger partial charge in [-0.25, -0.2) is 0 Å². The lowest BCUT2D eigenvalue weighted by Crippen LogP contribution is -2.37. The third-order valence-electron chi connectivity index (χ3n) is 6.39. The van der Waals surface area contributed by atoms with E-state index in [0.29, 0.717) is 17.1 Å². The smallest absolute Gasteiger partial charge is 0.295 e. The van der Waals surface area contributed by atoms with Crippen LogP contribution < -0.4 is 14.2 Å². The molecule has 0 radical (unpaired) electrons. The highest BCUT2D eigenvalue weighted by molar-refractivity contribution is 6.47. The Morgan fingerprint density at radius 2 is 1.68 bits per heavy atom. The highest BCUT2D eigenvalue weighted by atomic mass is 35.5. The Hall–Kier alpha value is -2.90. The zero-order valence-electron chi connectivity index (χ0n) is 19.1. The molecule has 9 heteroatoms. The van der Waals surface area contributed by atoms with E-state index in [4.69, 9.17) is 37.4 Å². The topological polar surface area (TPSA) is 85.3 Å². The van der Waals surface area contributed by atoms with Crippen LogP contribution in [-0.4, -0.2) is 49.1 Å². The van der Waals surface area contributed by atoms with Crippen LogP contribution in [-0.2, 0) is 9.59 Å². The molecule has 0 aromatic heterocycles. The first-order valence-corrected chi connectivity index (χ1v) is 11.6. The minimum absolute atomic E-state index is 0.0833. The Balaban J connectivity index is 2.02. The largest absolute Gasteiger partial charge is 0.507 e. The summed E-state index contributed by atoms with van der Waals surface area (Å²) in [6.45, 7) is 0. The molecular weight excluding hydrogens is 481 g/mol. The van der Waals surface area contributed by atoms with E-state index in [1.54, 1.807) is 23.1 Å². The van der Waals surface area contributed by atoms with E-state index in [1.807, 2.05) is 0 Å². The number of hydrogen-bond acceptors (Lipinski definition) is 6. The van der Waals surface area contributed by atoms with Gasteiger partial charge in [0.25, 0.3) is 11.7 Å². The molecular formula is C25H25Cl2NO6. The van der Waals surface area contributed by atoms with Crippen molar-refractivity contribution in [1.29, 1.82) is 0 Å². The van der Waals surface area contributed by atoms with Gasteiger partial charge in [0.15, 0.2) is 11.5 Å². The van der Waals surface area contributed by atoms with Crippen molar-refractivity contribution in [2.24, 2.45) is 0 Å². The van der Waals surface area contributed by atoms with Crippen LogP contribution in [0.3, 0.4) is 0 Å². The number of rotatable bonds is 6. The molecule has 0 bridgehead atoms. The van der Waals surface area contributed by atoms with Crippen molar-refractivity contribution < 1.29 is 28.9 Å². The van der Waals surface area contributed by atoms with Gasteiger partial charge in [0.05, 0.1) is 43.5 Å². The molecule has 1 atom stereocenters. The van der Waals surface area contributed by atoms with Crippen LogP contribution in [0, 0.1) is 0 Å². The summed E-state index contributed by atoms with van der Waals surface area (Å²) in [4.78, 5) is 28.3. The second-order valence-electron chi connectivity index (χ2n) is 8.20. The number of carbonyl (C=O) groups excluding carboxylic acids is 2. The average Bonchev–Trinajstić information content (AvgIpc) is 3.44. The van der Waals surface area contributed by atoms with Gasteiger partial charge in [0.1, 0.15) is 11.5 Å². The molecule has 2 aromatic carbocycles. The average molecular weight is 506 g/mol. The van der Waals surface area contributed by atoms with Gasteiger partial charge in [-0.3, -0.25) is 9.59 Å². The Morgan fingerprint density at radius 1 is 1.00 bits per heavy atom. The van der Waals surface area contributed by atoms with Crippen molar-refractivity contribution in [3.8, 4) is 17.2 Å². The van der Waals surface area contributed by atoms with Gasteiger partial charge in [-0.15, -0.1) is 0 Å². The number of hydrogen-bond donors (Lipinski definition) is 1. The molecule has 1 saturated carbocycles. The summed E-state index contributed by atoms with van der Waals surface area (Å²) in [6, 6.07) is 7.12. The van der Waals surface area contributed by atoms with Crippen molar-refractivity contribution in [3.05, 3.63) is 57.1 Å². The number of nitrogens with zero attached hydrogens (tertiary/aromatic N) is 1. The highest BCUT2D eigenvalue weighted by Crippen LogP contribution is 2.49. The Labute approximate surface area is 207 Å². The van der Waals surface area contributed by atoms with Gasteiger partial charge in [-0.1, -0.05) is 48.2 Å². The normalized spacial score (nSPS) is 20.1. The van der Waals surface area contributed by atoms with E-state index >= 15 is 0 Å². The second-order valence-corrected chi connectivity index (χ2v) is 9.04. The maximum absolute atomic E-state index is 13.4. The number of benzene rings is 2. The molecule has 2 aliphatic rings. The number of ether oxygens (including phenoxy) is 3. The molecule has 1 unspecified atom stereocenters. The van der Waals surface area contributed by atoms with E-state index in [9.17, 15) is 14.7 Å². The molecule has 1 N–H and O–H groups in total. The zero-order chi connectivity index (χ0) is 24.6. The number of likely N-dealkylation sites (tertiary alicyclic amines) is 1. The van der Waals surface area contributed by atoms with Gasteiger partial charge in [-0.2, -0.15) is 0 Å². The van der Waals surface area contributed by atoms with Crippen LogP contribution >= 0.6 is 23.2 Å². The maximum Gasteiger partial charge on any atom is 0.295 e. The molecule has 180 valence electrons. The zero-order valence-corrected chi connectivity index (χ0v) is 20.6. The Morgan fingerprint density at radius 3 is 2.29 bits per heavy atom. The second kappa shape index (κ2) is 9.76. The Kier molecular flexibility index (Phi) is 6.96. The number of aliphatic hydroxyl groups is 1. The fraction of sp³-hybridized carbons (Fsp3) is 0.360. The number of methoxy groups -OCH3 is 3. The monoisotopic (exact) mass is 505 g/mol. The predicted octanol–water partition coefficient (Wildman–Crippen LogP) is 5.38. The lowest BCUT2D eigenvalue weighted by molar-refractivity contribution is -0.141. The van der Waals surface area contributed by atoms with Crippen molar-refractivity contribution >= 4 is 40.7 Å². The van der Waals surface area contributed by atoms with Crippen LogP contribution in [0.15, 0.2) is 35.9 Å². The van der Waals surface area contributed by atoms with Gasteiger partial charge in [0, 0.05) is 16.6 Å². The number of aliphatic hydroxyl groups excluding tert-OH is 1. The number of para-hydroxylation sites is 1. The van der Waals surface area contributed by atoms with Gasteiger partial charge in [0.2, 0.25) is 0 Å². The summed E-state index contributed by atoms with van der Waals surface area (Å²) < 4.78 is 16.5. The van der Waals surface area contributed by atoms with Crippen molar-refractivity contribution in [2.75, 3.05) is 21.3 Å². The quantitative estimate of drug-likeness (QED) is 0.322. The number of halogens is 2. The highest BCUT2D eigenvalue weighted by Gasteiger charge is 2.50. The van der Waals surface area contributed by atoms with E-state index in [0.717, 1.165) is 25.7 Å². The first-order chi connectivity index (χ1) is 16.3. The van der Waals surface area contributed by atoms with E-state index in [1.165, 1.54) is 33.5 Å². The summed E-state index contributed by atoms with van der Waals surface area (Å²) in [5, 5.41) is 11.9. The number of ketones is 1. The van der Waals surface area contributed by atoms with Crippen LogP contribution in [0.5, 0.6) is 17.2 Å². The van der Waals surface area contributed by atoms with Gasteiger partial charge >= 0.3 is 0 Å². The molecule has 2 aromatic rings. The van der Waals surface area contributed by atoms with E-state index < -0.39 is 23.5 Å². The van der Waals surface area contributed by atoms with Crippen LogP contribution in [0.25, 0.3) is 5.76 Å². The molecule has 1 amide bonds. The third kappa shape index (κ3) is 3.97. The number of amides is 1. The Bertz CT molecular complexity index is 1170. The number of Topliss-reactive ketones (excluding diaryl/α,β-unsaturated/α-hetero) is 1. The lowest BCUT2D eigenvalue weighted by Gasteiger charge is -2.31. The van der Waals surface area contributed by atoms with Gasteiger partial charge < -0.3 is 24.2 Å². The van der Waals surface area contributed by atoms with Crippen LogP contribution in [0.1, 0.15) is 42.9 Å². The standard InChI is InChI=1S/C25H25Cl2NO6/c1-32-18-10-6-9-15(24(18)34-3)20-19(22(30)25(31)28(20)14-7-4-5-8-14)21(29)16-11-13(26)12-17(27)23(16)33-2/h6,9-12,14,20,29H,4-5,7-8H2,1-3H3/b21-19+. The summed E-state index contributed by atoms with van der Waals surface area (Å²) in [5.74, 6) is -0.919. The minimum Gasteiger partial charge on any atom is -0.507 e. The fourth-order valence-corrected chi connectivity index (χ4v) is 5.50. The molecule has 1 aliphatic heterocycles. The predicted molar refractivity (Wildman–Crippen MR) is 129 cm³/mol. The summed E-state index contributed by atoms with van der Waals surface area (Å²) in [6.07, 6.45) is 3.44. The van der Waals surface area contributed by atoms with Crippen LogP contribution in [0.4, 0.5) is 0 Å². The molecule has 0 spiro atoms. The third-order valence-corrected chi connectivity index (χ3v) is 6.89. The van der Waals surface area contributed by atoms with Crippen molar-refractivity contribution in [1.82, 2.24) is 4.90 Å². The lowest BCUT2D eigenvalue weighted by atomic mass is 9.93. The molecule has 7 nitrogen and oxygen atoms in total. The maximum atomic E-state index is 13.4. The van der Waals surface area contributed by atoms with Crippen molar-refractivity contribution in [3.63, 3.8) is 0 Å². The summed E-state index contributed by atoms with van der Waals surface area (Å²) >= 11 is 12.5. The molecule has 1 heterocycles. The summed E-state index contributed by atoms with van der Waals surface area (Å²) in [5.41, 5.74) is 0.568. The molecule has 1 aliphatic carbocycles. The van der Waals surface area contributed by atoms with Crippen molar-refractivity contribution in [2.45, 2.75) is 37.8 Å². The minimum atomic E-state index is -0.893. The van der Waals surface area contributed by atoms with Gasteiger partial charge in [-0.05, 0) is 31.0 Å². The first-order valence-electron chi connectivity index (χ1n) is 10.9. The summed E-state index contributed by atoms with van der Waals surface area (Å²) in [7, 11) is 4.39.